The van der Waals surface area contributed by atoms with Gasteiger partial charge in [0.1, 0.15) is 5.82 Å². The maximum atomic E-state index is 14.1. The Morgan fingerprint density at radius 2 is 1.94 bits per heavy atom. The number of ether oxygens (including phenoxy) is 1. The van der Waals surface area contributed by atoms with Crippen LogP contribution in [0.4, 0.5) is 10.1 Å². The minimum Gasteiger partial charge on any atom is -0.479 e. The predicted octanol–water partition coefficient (Wildman–Crippen LogP) is 5.25. The first kappa shape index (κ1) is 26.6. The Morgan fingerprint density at radius 1 is 1.25 bits per heavy atom. The van der Waals surface area contributed by atoms with Gasteiger partial charge in [-0.1, -0.05) is 6.08 Å². The number of pyridine rings is 1. The first-order valence-electron chi connectivity index (χ1n) is 11.7. The first-order chi connectivity index (χ1) is 16.7. The van der Waals surface area contributed by atoms with Crippen molar-refractivity contribution in [3.63, 3.8) is 0 Å². The fraction of sp³-hybridized carbons (Fsp3) is 0.462. The van der Waals surface area contributed by atoms with Gasteiger partial charge >= 0.3 is 5.97 Å². The molecule has 2 aromatic rings. The maximum Gasteiger partial charge on any atom is 0.337 e. The molecule has 3 heterocycles. The van der Waals surface area contributed by atoms with Crippen LogP contribution in [0.1, 0.15) is 61.1 Å². The molecule has 2 aliphatic heterocycles. The Hall–Kier alpha value is -2.43. The van der Waals surface area contributed by atoms with E-state index in [-0.39, 0.29) is 6.54 Å². The van der Waals surface area contributed by atoms with Crippen molar-refractivity contribution in [1.29, 1.82) is 0 Å². The first-order valence-corrected chi connectivity index (χ1v) is 14.7. The molecule has 0 amide bonds. The largest absolute Gasteiger partial charge is 0.479 e. The maximum absolute atomic E-state index is 14.1. The van der Waals surface area contributed by atoms with Crippen molar-refractivity contribution < 1.29 is 27.4 Å². The third kappa shape index (κ3) is 4.90. The number of aromatic nitrogens is 1. The van der Waals surface area contributed by atoms with E-state index >= 15 is 0 Å². The Labute approximate surface area is 215 Å². The van der Waals surface area contributed by atoms with E-state index in [0.29, 0.717) is 39.2 Å². The zero-order valence-corrected chi connectivity index (χ0v) is 22.9. The number of benzene rings is 1. The number of carbonyl (C=O) groups is 1. The molecule has 0 saturated heterocycles. The van der Waals surface area contributed by atoms with Crippen LogP contribution in [0.15, 0.2) is 18.3 Å². The Balaban J connectivity index is 2.17. The standard InChI is InChI=1S/C26H31FN2O5S2/c1-14-19(16-7-9-35-10-8-16)20(24(25(30)31)34-26(3,4)5)15(2)23-21(14)22-17(11-18(27)12-28-22)13-29(23)36(6,32)33/h7,11-12,24H,8-10,13H2,1-6H3,(H,30,31)/t24-/m0/s1. The summed E-state index contributed by atoms with van der Waals surface area (Å²) >= 11 is 1.79. The van der Waals surface area contributed by atoms with E-state index in [1.807, 2.05) is 6.92 Å². The van der Waals surface area contributed by atoms with Gasteiger partial charge in [0.15, 0.2) is 6.10 Å². The monoisotopic (exact) mass is 534 g/mol. The van der Waals surface area contributed by atoms with Crippen molar-refractivity contribution in [1.82, 2.24) is 4.98 Å². The molecule has 194 valence electrons. The van der Waals surface area contributed by atoms with Gasteiger partial charge in [-0.3, -0.25) is 9.29 Å². The molecular formula is C26H31FN2O5S2. The average Bonchev–Trinajstić information content (AvgIpc) is 2.77. The van der Waals surface area contributed by atoms with Crippen LogP contribution in [0, 0.1) is 19.7 Å². The third-order valence-corrected chi connectivity index (χ3v) is 8.40. The van der Waals surface area contributed by atoms with Crippen LogP contribution in [-0.4, -0.2) is 47.8 Å². The number of anilines is 1. The van der Waals surface area contributed by atoms with Gasteiger partial charge in [0, 0.05) is 22.4 Å². The van der Waals surface area contributed by atoms with Crippen molar-refractivity contribution in [2.24, 2.45) is 0 Å². The summed E-state index contributed by atoms with van der Waals surface area (Å²) in [7, 11) is -3.79. The van der Waals surface area contributed by atoms with Gasteiger partial charge in [-0.25, -0.2) is 17.6 Å². The predicted molar refractivity (Wildman–Crippen MR) is 141 cm³/mol. The molecule has 0 radical (unpaired) electrons. The molecule has 4 rings (SSSR count). The normalized spacial score (nSPS) is 16.8. The van der Waals surface area contributed by atoms with Gasteiger partial charge in [0.2, 0.25) is 10.0 Å². The number of rotatable bonds is 5. The lowest BCUT2D eigenvalue weighted by atomic mass is 9.80. The van der Waals surface area contributed by atoms with Crippen LogP contribution in [0.3, 0.4) is 0 Å². The molecule has 1 atom stereocenters. The quantitative estimate of drug-likeness (QED) is 0.560. The summed E-state index contributed by atoms with van der Waals surface area (Å²) in [5.41, 5.74) is 4.56. The highest BCUT2D eigenvalue weighted by atomic mass is 32.2. The van der Waals surface area contributed by atoms with Crippen molar-refractivity contribution in [3.05, 3.63) is 52.0 Å². The Morgan fingerprint density at radius 3 is 2.50 bits per heavy atom. The van der Waals surface area contributed by atoms with Gasteiger partial charge in [-0.2, -0.15) is 11.8 Å². The van der Waals surface area contributed by atoms with E-state index in [9.17, 15) is 22.7 Å². The SMILES string of the molecule is Cc1c(C2=CCSCC2)c([C@H](OC(C)(C)C)C(=O)O)c(C)c2c1-c1ncc(F)cc1CN2S(C)(=O)=O. The van der Waals surface area contributed by atoms with Crippen molar-refractivity contribution in [3.8, 4) is 11.3 Å². The second kappa shape index (κ2) is 9.46. The number of hydrogen-bond acceptors (Lipinski definition) is 6. The van der Waals surface area contributed by atoms with E-state index in [2.05, 4.69) is 11.1 Å². The highest BCUT2D eigenvalue weighted by Crippen LogP contribution is 2.50. The van der Waals surface area contributed by atoms with E-state index in [1.165, 1.54) is 10.4 Å². The molecule has 0 saturated carbocycles. The summed E-state index contributed by atoms with van der Waals surface area (Å²) in [5, 5.41) is 10.3. The number of aliphatic carboxylic acids is 1. The number of sulfonamides is 1. The summed E-state index contributed by atoms with van der Waals surface area (Å²) in [4.78, 5) is 17.0. The fourth-order valence-electron chi connectivity index (χ4n) is 5.03. The Bertz CT molecular complexity index is 1380. The summed E-state index contributed by atoms with van der Waals surface area (Å²) in [6.45, 7) is 8.87. The number of hydrogen-bond donors (Lipinski definition) is 1. The fourth-order valence-corrected chi connectivity index (χ4v) is 6.82. The van der Waals surface area contributed by atoms with E-state index in [1.54, 1.807) is 39.5 Å². The zero-order valence-electron chi connectivity index (χ0n) is 21.3. The van der Waals surface area contributed by atoms with Crippen LogP contribution in [-0.2, 0) is 26.1 Å². The highest BCUT2D eigenvalue weighted by Gasteiger charge is 2.39. The summed E-state index contributed by atoms with van der Waals surface area (Å²) in [6.07, 6.45) is 3.73. The number of fused-ring (bicyclic) bond motifs is 3. The lowest BCUT2D eigenvalue weighted by molar-refractivity contribution is -0.160. The average molecular weight is 535 g/mol. The van der Waals surface area contributed by atoms with Gasteiger partial charge in [-0.05, 0) is 75.1 Å². The van der Waals surface area contributed by atoms with Gasteiger partial charge in [-0.15, -0.1) is 0 Å². The molecule has 0 spiro atoms. The summed E-state index contributed by atoms with van der Waals surface area (Å²) < 4.78 is 47.4. The number of nitrogens with zero attached hydrogens (tertiary/aromatic N) is 2. The van der Waals surface area contributed by atoms with Crippen LogP contribution in [0.2, 0.25) is 0 Å². The van der Waals surface area contributed by atoms with Crippen LogP contribution in [0.5, 0.6) is 0 Å². The van der Waals surface area contributed by atoms with Crippen LogP contribution >= 0.6 is 11.8 Å². The summed E-state index contributed by atoms with van der Waals surface area (Å²) in [6, 6.07) is 1.31. The molecule has 7 nitrogen and oxygen atoms in total. The number of carboxylic acid groups (broad SMARTS) is 1. The van der Waals surface area contributed by atoms with Gasteiger partial charge < -0.3 is 9.84 Å². The number of allylic oxidation sites excluding steroid dienone is 1. The lowest BCUT2D eigenvalue weighted by Gasteiger charge is -2.37. The molecule has 1 N–H and O–H groups in total. The van der Waals surface area contributed by atoms with Crippen LogP contribution < -0.4 is 4.31 Å². The number of carboxylic acids is 1. The van der Waals surface area contributed by atoms with Crippen molar-refractivity contribution >= 4 is 39.0 Å². The molecule has 10 heteroatoms. The molecule has 2 aliphatic rings. The second-order valence-corrected chi connectivity index (χ2v) is 13.3. The molecule has 0 aliphatic carbocycles. The molecular weight excluding hydrogens is 503 g/mol. The van der Waals surface area contributed by atoms with Gasteiger partial charge in [0.05, 0.1) is 36.0 Å². The molecule has 0 fully saturated rings. The van der Waals surface area contributed by atoms with E-state index in [0.717, 1.165) is 41.5 Å². The number of halogens is 1. The molecule has 36 heavy (non-hydrogen) atoms. The minimum atomic E-state index is -3.79. The zero-order chi connectivity index (χ0) is 26.6. The lowest BCUT2D eigenvalue weighted by Crippen LogP contribution is -2.35. The molecule has 0 bridgehead atoms. The van der Waals surface area contributed by atoms with Crippen molar-refractivity contribution in [2.45, 2.75) is 59.3 Å². The topological polar surface area (TPSA) is 96.8 Å². The highest BCUT2D eigenvalue weighted by molar-refractivity contribution is 7.99. The van der Waals surface area contributed by atoms with Crippen molar-refractivity contribution in [2.75, 3.05) is 22.1 Å². The molecule has 1 aromatic carbocycles. The minimum absolute atomic E-state index is 0.0950. The summed E-state index contributed by atoms with van der Waals surface area (Å²) in [5.74, 6) is -0.0264. The molecule has 1 aromatic heterocycles. The third-order valence-electron chi connectivity index (χ3n) is 6.39. The van der Waals surface area contributed by atoms with E-state index < -0.39 is 33.5 Å². The second-order valence-electron chi connectivity index (χ2n) is 10.2. The number of thioether (sulfide) groups is 1. The smallest absolute Gasteiger partial charge is 0.337 e. The Kier molecular flexibility index (Phi) is 7.00. The van der Waals surface area contributed by atoms with Crippen LogP contribution in [0.25, 0.3) is 16.8 Å². The van der Waals surface area contributed by atoms with E-state index in [4.69, 9.17) is 4.74 Å². The molecule has 0 unspecified atom stereocenters. The van der Waals surface area contributed by atoms with Gasteiger partial charge in [0.25, 0.3) is 0 Å².